The number of carbonyl (C=O) groups is 1. The average Bonchev–Trinajstić information content (AvgIpc) is 2.48. The molecule has 0 heterocycles. The lowest BCUT2D eigenvalue weighted by molar-refractivity contribution is 0.102. The molecule has 116 valence electrons. The van der Waals surface area contributed by atoms with Crippen molar-refractivity contribution in [3.05, 3.63) is 58.6 Å². The van der Waals surface area contributed by atoms with Crippen LogP contribution in [0.3, 0.4) is 0 Å². The van der Waals surface area contributed by atoms with Gasteiger partial charge in [0, 0.05) is 29.8 Å². The number of anilines is 1. The quantitative estimate of drug-likeness (QED) is 0.883. The topological polar surface area (TPSA) is 66.5 Å². The molecule has 5 nitrogen and oxygen atoms in total. The monoisotopic (exact) mass is 382 g/mol. The summed E-state index contributed by atoms with van der Waals surface area (Å²) in [5, 5.41) is 2.72. The van der Waals surface area contributed by atoms with Crippen molar-refractivity contribution in [2.24, 2.45) is 0 Å². The van der Waals surface area contributed by atoms with Crippen LogP contribution in [0.1, 0.15) is 10.4 Å². The summed E-state index contributed by atoms with van der Waals surface area (Å²) in [5.41, 5.74) is 1.05. The van der Waals surface area contributed by atoms with E-state index in [4.69, 9.17) is 0 Å². The molecule has 0 fully saturated rings. The Morgan fingerprint density at radius 1 is 1.00 bits per heavy atom. The lowest BCUT2D eigenvalue weighted by Gasteiger charge is -2.12. The fourth-order valence-corrected chi connectivity index (χ4v) is 2.89. The smallest absolute Gasteiger partial charge is 0.255 e. The fourth-order valence-electron chi connectivity index (χ4n) is 1.73. The first-order valence-corrected chi connectivity index (χ1v) is 8.63. The van der Waals surface area contributed by atoms with E-state index in [1.165, 1.54) is 26.2 Å². The summed E-state index contributed by atoms with van der Waals surface area (Å²) in [7, 11) is -0.522. The minimum atomic E-state index is -3.46. The van der Waals surface area contributed by atoms with E-state index in [0.717, 1.165) is 8.78 Å². The fraction of sp³-hybridized carbons (Fsp3) is 0.133. The van der Waals surface area contributed by atoms with Crippen LogP contribution in [0.4, 0.5) is 5.69 Å². The molecule has 0 saturated carbocycles. The third-order valence-electron chi connectivity index (χ3n) is 3.00. The molecule has 2 rings (SSSR count). The van der Waals surface area contributed by atoms with Crippen LogP contribution < -0.4 is 5.32 Å². The highest BCUT2D eigenvalue weighted by atomic mass is 79.9. The van der Waals surface area contributed by atoms with Crippen molar-refractivity contribution in [1.82, 2.24) is 4.31 Å². The van der Waals surface area contributed by atoms with E-state index in [1.54, 1.807) is 36.4 Å². The van der Waals surface area contributed by atoms with Crippen LogP contribution in [0.2, 0.25) is 0 Å². The second-order valence-electron chi connectivity index (χ2n) is 4.77. The number of carbonyl (C=O) groups excluding carboxylic acids is 1. The minimum absolute atomic E-state index is 0.180. The number of nitrogens with one attached hydrogen (secondary N) is 1. The Kier molecular flexibility index (Phi) is 5.00. The Labute approximate surface area is 138 Å². The van der Waals surface area contributed by atoms with Crippen LogP contribution >= 0.6 is 15.9 Å². The normalized spacial score (nSPS) is 11.5. The average molecular weight is 383 g/mol. The molecule has 0 aromatic heterocycles. The second-order valence-corrected chi connectivity index (χ2v) is 7.84. The summed E-state index contributed by atoms with van der Waals surface area (Å²) < 4.78 is 25.9. The van der Waals surface area contributed by atoms with E-state index < -0.39 is 10.0 Å². The highest BCUT2D eigenvalue weighted by molar-refractivity contribution is 9.10. The summed E-state index contributed by atoms with van der Waals surface area (Å²) in [5.74, 6) is -0.254. The summed E-state index contributed by atoms with van der Waals surface area (Å²) >= 11 is 3.31. The Hall–Kier alpha value is -1.70. The molecule has 2 aromatic carbocycles. The number of benzene rings is 2. The maximum Gasteiger partial charge on any atom is 0.255 e. The van der Waals surface area contributed by atoms with Crippen molar-refractivity contribution in [1.29, 1.82) is 0 Å². The van der Waals surface area contributed by atoms with E-state index in [2.05, 4.69) is 21.2 Å². The minimum Gasteiger partial charge on any atom is -0.322 e. The zero-order valence-corrected chi connectivity index (χ0v) is 14.5. The molecule has 0 radical (unpaired) electrons. The summed E-state index contributed by atoms with van der Waals surface area (Å²) in [6.07, 6.45) is 0. The molecule has 0 atom stereocenters. The molecule has 0 aliphatic carbocycles. The molecular formula is C15H15BrN2O3S. The van der Waals surface area contributed by atoms with Crippen molar-refractivity contribution in [3.63, 3.8) is 0 Å². The van der Waals surface area contributed by atoms with Crippen LogP contribution in [-0.4, -0.2) is 32.7 Å². The Morgan fingerprint density at radius 2 is 1.55 bits per heavy atom. The van der Waals surface area contributed by atoms with Crippen molar-refractivity contribution >= 4 is 37.5 Å². The third kappa shape index (κ3) is 3.73. The van der Waals surface area contributed by atoms with Crippen LogP contribution in [0, 0.1) is 0 Å². The molecule has 2 aromatic rings. The molecule has 1 amide bonds. The molecule has 0 aliphatic rings. The first kappa shape index (κ1) is 16.7. The van der Waals surface area contributed by atoms with Gasteiger partial charge in [0.25, 0.3) is 5.91 Å². The van der Waals surface area contributed by atoms with Crippen LogP contribution in [-0.2, 0) is 10.0 Å². The number of halogens is 1. The largest absolute Gasteiger partial charge is 0.322 e. The highest BCUT2D eigenvalue weighted by Gasteiger charge is 2.16. The van der Waals surface area contributed by atoms with E-state index in [0.29, 0.717) is 11.3 Å². The Morgan fingerprint density at radius 3 is 2.05 bits per heavy atom. The highest BCUT2D eigenvalue weighted by Crippen LogP contribution is 2.18. The molecule has 0 spiro atoms. The molecule has 1 N–H and O–H groups in total. The SMILES string of the molecule is CN(C)S(=O)(=O)c1ccc(NC(=O)c2ccc(Br)cc2)cc1. The van der Waals surface area contributed by atoms with Gasteiger partial charge < -0.3 is 5.32 Å². The Bertz CT molecular complexity index is 769. The number of amides is 1. The zero-order chi connectivity index (χ0) is 16.3. The Balaban J connectivity index is 2.15. The number of nitrogens with zero attached hydrogens (tertiary/aromatic N) is 1. The number of sulfonamides is 1. The van der Waals surface area contributed by atoms with Gasteiger partial charge in [-0.15, -0.1) is 0 Å². The maximum atomic E-state index is 12.1. The predicted octanol–water partition coefficient (Wildman–Crippen LogP) is 2.95. The van der Waals surface area contributed by atoms with Gasteiger partial charge in [0.15, 0.2) is 0 Å². The van der Waals surface area contributed by atoms with E-state index in [-0.39, 0.29) is 10.8 Å². The lowest BCUT2D eigenvalue weighted by atomic mass is 10.2. The third-order valence-corrected chi connectivity index (χ3v) is 5.36. The second kappa shape index (κ2) is 6.60. The molecule has 0 unspecified atom stereocenters. The maximum absolute atomic E-state index is 12.1. The van der Waals surface area contributed by atoms with Crippen molar-refractivity contribution in [2.45, 2.75) is 4.90 Å². The zero-order valence-electron chi connectivity index (χ0n) is 12.1. The lowest BCUT2D eigenvalue weighted by Crippen LogP contribution is -2.22. The number of hydrogen-bond acceptors (Lipinski definition) is 3. The van der Waals surface area contributed by atoms with Crippen LogP contribution in [0.15, 0.2) is 57.9 Å². The summed E-state index contributed by atoms with van der Waals surface area (Å²) in [6, 6.07) is 13.0. The standard InChI is InChI=1S/C15H15BrN2O3S/c1-18(2)22(20,21)14-9-7-13(8-10-14)17-15(19)11-3-5-12(16)6-4-11/h3-10H,1-2H3,(H,17,19). The van der Waals surface area contributed by atoms with Gasteiger partial charge in [0.2, 0.25) is 10.0 Å². The van der Waals surface area contributed by atoms with Gasteiger partial charge in [-0.25, -0.2) is 12.7 Å². The summed E-state index contributed by atoms with van der Waals surface area (Å²) in [6.45, 7) is 0. The van der Waals surface area contributed by atoms with Gasteiger partial charge in [-0.3, -0.25) is 4.79 Å². The van der Waals surface area contributed by atoms with E-state index >= 15 is 0 Å². The predicted molar refractivity (Wildman–Crippen MR) is 89.4 cm³/mol. The van der Waals surface area contributed by atoms with E-state index in [9.17, 15) is 13.2 Å². The van der Waals surface area contributed by atoms with Crippen LogP contribution in [0.25, 0.3) is 0 Å². The van der Waals surface area contributed by atoms with Gasteiger partial charge in [0.05, 0.1) is 4.90 Å². The number of hydrogen-bond donors (Lipinski definition) is 1. The first-order valence-electron chi connectivity index (χ1n) is 6.40. The number of rotatable bonds is 4. The van der Waals surface area contributed by atoms with Crippen molar-refractivity contribution < 1.29 is 13.2 Å². The molecule has 0 saturated heterocycles. The van der Waals surface area contributed by atoms with Gasteiger partial charge in [-0.1, -0.05) is 15.9 Å². The molecule has 7 heteroatoms. The molecule has 22 heavy (non-hydrogen) atoms. The van der Waals surface area contributed by atoms with Gasteiger partial charge in [-0.2, -0.15) is 0 Å². The first-order chi connectivity index (χ1) is 10.3. The van der Waals surface area contributed by atoms with Gasteiger partial charge in [-0.05, 0) is 48.5 Å². The van der Waals surface area contributed by atoms with Gasteiger partial charge >= 0.3 is 0 Å². The molecular weight excluding hydrogens is 368 g/mol. The summed E-state index contributed by atoms with van der Waals surface area (Å²) in [4.78, 5) is 12.2. The molecule has 0 bridgehead atoms. The van der Waals surface area contributed by atoms with Crippen molar-refractivity contribution in [3.8, 4) is 0 Å². The molecule has 0 aliphatic heterocycles. The van der Waals surface area contributed by atoms with Gasteiger partial charge in [0.1, 0.15) is 0 Å². The van der Waals surface area contributed by atoms with E-state index in [1.807, 2.05) is 0 Å². The van der Waals surface area contributed by atoms with Crippen molar-refractivity contribution in [2.75, 3.05) is 19.4 Å². The van der Waals surface area contributed by atoms with Crippen LogP contribution in [0.5, 0.6) is 0 Å².